The SMILES string of the molecule is [CH2-][NH2+]CCc1c(Cl)cccc1Cl. The largest absolute Gasteiger partial charge is 0.479 e. The van der Waals surface area contributed by atoms with E-state index in [4.69, 9.17) is 23.2 Å². The van der Waals surface area contributed by atoms with Crippen molar-refractivity contribution in [1.29, 1.82) is 0 Å². The van der Waals surface area contributed by atoms with E-state index in [9.17, 15) is 0 Å². The number of benzene rings is 1. The first-order valence-electron chi connectivity index (χ1n) is 3.79. The maximum atomic E-state index is 5.95. The minimum absolute atomic E-state index is 0.740. The molecule has 1 aromatic carbocycles. The van der Waals surface area contributed by atoms with Gasteiger partial charge in [-0.05, 0) is 17.7 Å². The molecule has 0 atom stereocenters. The number of nitrogens with two attached hydrogens (primary N) is 1. The molecule has 0 fully saturated rings. The Morgan fingerprint density at radius 3 is 2.33 bits per heavy atom. The molecule has 0 saturated carbocycles. The third-order valence-corrected chi connectivity index (χ3v) is 2.37. The summed E-state index contributed by atoms with van der Waals surface area (Å²) in [7, 11) is 3.65. The lowest BCUT2D eigenvalue weighted by Gasteiger charge is -2.05. The molecule has 0 radical (unpaired) electrons. The van der Waals surface area contributed by atoms with Gasteiger partial charge in [-0.15, -0.1) is 0 Å². The molecule has 3 heteroatoms. The van der Waals surface area contributed by atoms with Gasteiger partial charge in [-0.1, -0.05) is 29.3 Å². The summed E-state index contributed by atoms with van der Waals surface area (Å²) in [5.74, 6) is 0. The van der Waals surface area contributed by atoms with Crippen LogP contribution in [0.2, 0.25) is 10.0 Å². The maximum Gasteiger partial charge on any atom is 0.0557 e. The van der Waals surface area contributed by atoms with Crippen LogP contribution in [-0.2, 0) is 6.42 Å². The van der Waals surface area contributed by atoms with E-state index in [1.807, 2.05) is 23.5 Å². The molecule has 0 aliphatic carbocycles. The van der Waals surface area contributed by atoms with E-state index in [0.717, 1.165) is 28.6 Å². The Balaban J connectivity index is 2.81. The van der Waals surface area contributed by atoms with E-state index in [0.29, 0.717) is 0 Å². The van der Waals surface area contributed by atoms with Crippen molar-refractivity contribution >= 4 is 23.2 Å². The molecule has 66 valence electrons. The second kappa shape index (κ2) is 4.70. The van der Waals surface area contributed by atoms with Crippen LogP contribution in [0.15, 0.2) is 18.2 Å². The third-order valence-electron chi connectivity index (χ3n) is 1.66. The molecule has 0 aromatic heterocycles. The highest BCUT2D eigenvalue weighted by molar-refractivity contribution is 6.35. The average Bonchev–Trinajstić information content (AvgIpc) is 2.04. The van der Waals surface area contributed by atoms with Crippen molar-refractivity contribution in [1.82, 2.24) is 0 Å². The van der Waals surface area contributed by atoms with Gasteiger partial charge in [0.05, 0.1) is 6.54 Å². The lowest BCUT2D eigenvalue weighted by atomic mass is 10.1. The Labute approximate surface area is 82.7 Å². The second-order valence-corrected chi connectivity index (χ2v) is 3.34. The standard InChI is InChI=1S/C9H11Cl2N/c1-12-6-5-7-8(10)3-2-4-9(7)11/h2-4H,1,5-6,12H2. The van der Waals surface area contributed by atoms with E-state index in [1.54, 1.807) is 0 Å². The van der Waals surface area contributed by atoms with Crippen molar-refractivity contribution in [2.24, 2.45) is 0 Å². The molecule has 1 nitrogen and oxygen atoms in total. The Morgan fingerprint density at radius 2 is 1.83 bits per heavy atom. The van der Waals surface area contributed by atoms with Crippen LogP contribution in [0.1, 0.15) is 5.56 Å². The van der Waals surface area contributed by atoms with Gasteiger partial charge in [0.1, 0.15) is 0 Å². The summed E-state index contributed by atoms with van der Waals surface area (Å²) in [4.78, 5) is 0. The van der Waals surface area contributed by atoms with Gasteiger partial charge in [0.25, 0.3) is 0 Å². The van der Waals surface area contributed by atoms with Crippen LogP contribution < -0.4 is 5.32 Å². The van der Waals surface area contributed by atoms with Crippen LogP contribution in [0.4, 0.5) is 0 Å². The fourth-order valence-electron chi connectivity index (χ4n) is 1.02. The molecule has 0 amide bonds. The number of hydrogen-bond donors (Lipinski definition) is 1. The Bertz CT molecular complexity index is 240. The summed E-state index contributed by atoms with van der Waals surface area (Å²) in [6.45, 7) is 0.906. The van der Waals surface area contributed by atoms with Gasteiger partial charge >= 0.3 is 0 Å². The molecule has 0 saturated heterocycles. The number of halogens is 2. The first-order valence-corrected chi connectivity index (χ1v) is 4.55. The highest BCUT2D eigenvalue weighted by Gasteiger charge is 2.03. The summed E-state index contributed by atoms with van der Waals surface area (Å²) in [6.07, 6.45) is 0.863. The summed E-state index contributed by atoms with van der Waals surface area (Å²) in [5, 5.41) is 3.34. The number of quaternary nitrogens is 1. The molecule has 1 rings (SSSR count). The fraction of sp³-hybridized carbons (Fsp3) is 0.222. The molecule has 0 bridgehead atoms. The van der Waals surface area contributed by atoms with Crippen molar-refractivity contribution < 1.29 is 5.32 Å². The smallest absolute Gasteiger partial charge is 0.0557 e. The zero-order valence-corrected chi connectivity index (χ0v) is 8.20. The Kier molecular flexibility index (Phi) is 3.86. The van der Waals surface area contributed by atoms with Crippen molar-refractivity contribution in [3.8, 4) is 0 Å². The topological polar surface area (TPSA) is 16.6 Å². The molecular formula is C9H11Cl2N. The molecule has 0 heterocycles. The maximum absolute atomic E-state index is 5.95. The predicted molar refractivity (Wildman–Crippen MR) is 52.3 cm³/mol. The van der Waals surface area contributed by atoms with Gasteiger partial charge in [0.15, 0.2) is 0 Å². The summed E-state index contributed by atoms with van der Waals surface area (Å²) < 4.78 is 0. The van der Waals surface area contributed by atoms with Gasteiger partial charge in [0, 0.05) is 16.5 Å². The molecule has 12 heavy (non-hydrogen) atoms. The third kappa shape index (κ3) is 2.37. The van der Waals surface area contributed by atoms with Crippen LogP contribution >= 0.6 is 23.2 Å². The zero-order chi connectivity index (χ0) is 8.97. The van der Waals surface area contributed by atoms with Crippen molar-refractivity contribution in [2.75, 3.05) is 6.54 Å². The van der Waals surface area contributed by atoms with Crippen LogP contribution in [0.25, 0.3) is 0 Å². The summed E-state index contributed by atoms with van der Waals surface area (Å²) in [6, 6.07) is 5.56. The average molecular weight is 204 g/mol. The lowest BCUT2D eigenvalue weighted by molar-refractivity contribution is -0.594. The first kappa shape index (κ1) is 9.85. The molecular weight excluding hydrogens is 193 g/mol. The lowest BCUT2D eigenvalue weighted by Crippen LogP contribution is -2.77. The fourth-order valence-corrected chi connectivity index (χ4v) is 1.60. The summed E-state index contributed by atoms with van der Waals surface area (Å²) in [5.41, 5.74) is 1.01. The molecule has 0 aliphatic heterocycles. The Morgan fingerprint density at radius 1 is 1.25 bits per heavy atom. The van der Waals surface area contributed by atoms with E-state index < -0.39 is 0 Å². The quantitative estimate of drug-likeness (QED) is 0.724. The highest BCUT2D eigenvalue weighted by Crippen LogP contribution is 2.23. The van der Waals surface area contributed by atoms with Gasteiger partial charge in [-0.3, -0.25) is 0 Å². The van der Waals surface area contributed by atoms with Gasteiger partial charge in [-0.2, -0.15) is 7.05 Å². The summed E-state index contributed by atoms with van der Waals surface area (Å²) >= 11 is 11.9. The predicted octanol–water partition coefficient (Wildman–Crippen LogP) is 1.89. The van der Waals surface area contributed by atoms with Gasteiger partial charge in [0.2, 0.25) is 0 Å². The van der Waals surface area contributed by atoms with E-state index >= 15 is 0 Å². The number of hydrogen-bond acceptors (Lipinski definition) is 0. The first-order chi connectivity index (χ1) is 5.75. The van der Waals surface area contributed by atoms with Crippen molar-refractivity contribution in [3.05, 3.63) is 40.9 Å². The van der Waals surface area contributed by atoms with Crippen molar-refractivity contribution in [2.45, 2.75) is 6.42 Å². The minimum atomic E-state index is 0.740. The number of rotatable bonds is 3. The Hall–Kier alpha value is -0.240. The highest BCUT2D eigenvalue weighted by atomic mass is 35.5. The zero-order valence-electron chi connectivity index (χ0n) is 6.69. The molecule has 0 spiro atoms. The van der Waals surface area contributed by atoms with Gasteiger partial charge < -0.3 is 5.32 Å². The van der Waals surface area contributed by atoms with Crippen LogP contribution in [0, 0.1) is 7.05 Å². The minimum Gasteiger partial charge on any atom is -0.479 e. The molecule has 1 aromatic rings. The molecule has 0 aliphatic rings. The molecule has 0 unspecified atom stereocenters. The van der Waals surface area contributed by atoms with E-state index in [1.165, 1.54) is 0 Å². The van der Waals surface area contributed by atoms with Crippen LogP contribution in [0.5, 0.6) is 0 Å². The van der Waals surface area contributed by atoms with Crippen LogP contribution in [0.3, 0.4) is 0 Å². The monoisotopic (exact) mass is 203 g/mol. The molecule has 2 N–H and O–H groups in total. The van der Waals surface area contributed by atoms with E-state index in [-0.39, 0.29) is 0 Å². The van der Waals surface area contributed by atoms with Crippen LogP contribution in [-0.4, -0.2) is 6.54 Å². The van der Waals surface area contributed by atoms with Crippen molar-refractivity contribution in [3.63, 3.8) is 0 Å². The van der Waals surface area contributed by atoms with Gasteiger partial charge in [-0.25, -0.2) is 0 Å². The second-order valence-electron chi connectivity index (χ2n) is 2.53. The normalized spacial score (nSPS) is 10.2. The van der Waals surface area contributed by atoms with E-state index in [2.05, 4.69) is 7.05 Å².